The van der Waals surface area contributed by atoms with Crippen molar-refractivity contribution in [3.63, 3.8) is 0 Å². The molecule has 0 saturated heterocycles. The monoisotopic (exact) mass is 319 g/mol. The summed E-state index contributed by atoms with van der Waals surface area (Å²) in [5, 5.41) is 5.27. The van der Waals surface area contributed by atoms with Gasteiger partial charge in [-0.25, -0.2) is 0 Å². The molecule has 2 amide bonds. The van der Waals surface area contributed by atoms with Crippen LogP contribution < -0.4 is 16.4 Å². The van der Waals surface area contributed by atoms with E-state index >= 15 is 0 Å². The normalized spacial score (nSPS) is 15.7. The van der Waals surface area contributed by atoms with Crippen molar-refractivity contribution in [1.29, 1.82) is 0 Å². The molecule has 0 fully saturated rings. The van der Waals surface area contributed by atoms with Crippen molar-refractivity contribution < 1.29 is 14.3 Å². The highest BCUT2D eigenvalue weighted by Gasteiger charge is 2.26. The lowest BCUT2D eigenvalue weighted by atomic mass is 10.1. The molecule has 1 rings (SSSR count). The minimum atomic E-state index is -0.764. The van der Waals surface area contributed by atoms with Crippen LogP contribution in [0.2, 0.25) is 0 Å². The summed E-state index contributed by atoms with van der Waals surface area (Å²) >= 11 is 0. The molecule has 23 heavy (non-hydrogen) atoms. The minimum Gasteiger partial charge on any atom is -0.371 e. The first-order valence-corrected chi connectivity index (χ1v) is 7.72. The molecule has 0 aromatic rings. The van der Waals surface area contributed by atoms with Gasteiger partial charge in [0, 0.05) is 6.92 Å². The van der Waals surface area contributed by atoms with Crippen LogP contribution in [0.15, 0.2) is 23.8 Å². The van der Waals surface area contributed by atoms with Gasteiger partial charge in [-0.05, 0) is 25.3 Å². The number of allylic oxidation sites excluding steroid dienone is 2. The number of rotatable bonds is 7. The molecule has 0 saturated carbocycles. The zero-order chi connectivity index (χ0) is 17.1. The molecule has 0 bridgehead atoms. The van der Waals surface area contributed by atoms with Crippen molar-refractivity contribution in [2.45, 2.75) is 38.8 Å². The molecule has 0 spiro atoms. The van der Waals surface area contributed by atoms with E-state index in [4.69, 9.17) is 10.5 Å². The van der Waals surface area contributed by atoms with Crippen LogP contribution in [0.1, 0.15) is 26.7 Å². The summed E-state index contributed by atoms with van der Waals surface area (Å²) in [5.74, 6) is 4.76. The van der Waals surface area contributed by atoms with E-state index in [0.29, 0.717) is 6.61 Å². The lowest BCUT2D eigenvalue weighted by molar-refractivity contribution is -0.131. The maximum atomic E-state index is 12.2. The predicted molar refractivity (Wildman–Crippen MR) is 89.3 cm³/mol. The van der Waals surface area contributed by atoms with Gasteiger partial charge in [-0.2, -0.15) is 0 Å². The van der Waals surface area contributed by atoms with E-state index in [1.807, 2.05) is 6.08 Å². The zero-order valence-electron chi connectivity index (χ0n) is 13.7. The molecule has 1 aliphatic carbocycles. The van der Waals surface area contributed by atoms with E-state index < -0.39 is 12.1 Å². The summed E-state index contributed by atoms with van der Waals surface area (Å²) in [6.07, 6.45) is 7.81. The summed E-state index contributed by atoms with van der Waals surface area (Å²) in [7, 11) is 0. The molecule has 6 nitrogen and oxygen atoms in total. The highest BCUT2D eigenvalue weighted by Crippen LogP contribution is 2.11. The Kier molecular flexibility index (Phi) is 8.73. The summed E-state index contributed by atoms with van der Waals surface area (Å²) in [6, 6.07) is -0.764. The Morgan fingerprint density at radius 2 is 2.17 bits per heavy atom. The van der Waals surface area contributed by atoms with E-state index in [1.165, 1.54) is 6.92 Å². The van der Waals surface area contributed by atoms with Crippen LogP contribution in [0.3, 0.4) is 0 Å². The number of nitrogens with two attached hydrogens (primary N) is 1. The maximum absolute atomic E-state index is 12.2. The molecule has 0 aromatic carbocycles. The third-order valence-corrected chi connectivity index (χ3v) is 3.27. The van der Waals surface area contributed by atoms with Gasteiger partial charge in [-0.15, -0.1) is 0 Å². The molecule has 1 aliphatic rings. The van der Waals surface area contributed by atoms with Crippen LogP contribution in [0.5, 0.6) is 0 Å². The van der Waals surface area contributed by atoms with Crippen molar-refractivity contribution >= 4 is 11.8 Å². The van der Waals surface area contributed by atoms with Gasteiger partial charge in [0.05, 0.1) is 25.8 Å². The lowest BCUT2D eigenvalue weighted by Crippen LogP contribution is -2.52. The fraction of sp³-hybridized carbons (Fsp3) is 0.529. The number of amides is 2. The van der Waals surface area contributed by atoms with Gasteiger partial charge in [0.15, 0.2) is 0 Å². The quantitative estimate of drug-likeness (QED) is 0.587. The van der Waals surface area contributed by atoms with Crippen molar-refractivity contribution in [3.8, 4) is 11.8 Å². The number of hydrogen-bond donors (Lipinski definition) is 3. The minimum absolute atomic E-state index is 0.187. The highest BCUT2D eigenvalue weighted by atomic mass is 16.5. The fourth-order valence-electron chi connectivity index (χ4n) is 2.09. The Morgan fingerprint density at radius 1 is 1.39 bits per heavy atom. The van der Waals surface area contributed by atoms with Gasteiger partial charge in [0.25, 0.3) is 0 Å². The predicted octanol–water partition coefficient (Wildman–Crippen LogP) is 0.251. The molecule has 4 N–H and O–H groups in total. The molecule has 2 unspecified atom stereocenters. The first-order chi connectivity index (χ1) is 11.0. The average Bonchev–Trinajstić information content (AvgIpc) is 2.55. The fourth-order valence-corrected chi connectivity index (χ4v) is 2.09. The van der Waals surface area contributed by atoms with Crippen LogP contribution in [0.25, 0.3) is 0 Å². The smallest absolute Gasteiger partial charge is 0.246 e. The Balaban J connectivity index is 2.56. The van der Waals surface area contributed by atoms with Crippen molar-refractivity contribution in [1.82, 2.24) is 10.6 Å². The number of carbonyl (C=O) groups is 2. The molecular weight excluding hydrogens is 294 g/mol. The number of ether oxygens (including phenoxy) is 1. The molecule has 0 aliphatic heterocycles. The summed E-state index contributed by atoms with van der Waals surface area (Å²) in [4.78, 5) is 23.5. The Morgan fingerprint density at radius 3 is 2.78 bits per heavy atom. The van der Waals surface area contributed by atoms with Crippen molar-refractivity contribution in [3.05, 3.63) is 23.8 Å². The van der Waals surface area contributed by atoms with Crippen LogP contribution in [0.4, 0.5) is 0 Å². The Hall–Kier alpha value is -2.10. The molecule has 0 radical (unpaired) electrons. The van der Waals surface area contributed by atoms with Gasteiger partial charge in [-0.3, -0.25) is 9.59 Å². The standard InChI is InChI=1S/C17H25N3O3/c1-13(23-12-15-8-4-3-5-9-15)16(20-14(2)21)17(22)19-11-7-6-10-18/h4,8-9,13,16H,3,5,10-12,18H2,1-2H3,(H,19,22)(H,20,21). The van der Waals surface area contributed by atoms with Gasteiger partial charge >= 0.3 is 0 Å². The summed E-state index contributed by atoms with van der Waals surface area (Å²) < 4.78 is 5.74. The first-order valence-electron chi connectivity index (χ1n) is 7.72. The van der Waals surface area contributed by atoms with Gasteiger partial charge < -0.3 is 21.1 Å². The second-order valence-corrected chi connectivity index (χ2v) is 5.23. The molecule has 0 aromatic heterocycles. The molecule has 126 valence electrons. The highest BCUT2D eigenvalue weighted by molar-refractivity contribution is 5.87. The largest absolute Gasteiger partial charge is 0.371 e. The van der Waals surface area contributed by atoms with Crippen LogP contribution >= 0.6 is 0 Å². The molecule has 0 heterocycles. The Labute approximate surface area is 137 Å². The first kappa shape index (κ1) is 18.9. The summed E-state index contributed by atoms with van der Waals surface area (Å²) in [5.41, 5.74) is 6.34. The van der Waals surface area contributed by atoms with Crippen LogP contribution in [-0.2, 0) is 14.3 Å². The number of hydrogen-bond acceptors (Lipinski definition) is 4. The van der Waals surface area contributed by atoms with Gasteiger partial charge in [0.1, 0.15) is 6.04 Å². The summed E-state index contributed by atoms with van der Waals surface area (Å²) in [6.45, 7) is 3.97. The van der Waals surface area contributed by atoms with Crippen LogP contribution in [-0.4, -0.2) is 43.7 Å². The second kappa shape index (κ2) is 10.6. The third kappa shape index (κ3) is 7.63. The lowest BCUT2D eigenvalue weighted by Gasteiger charge is -2.24. The average molecular weight is 319 g/mol. The Bertz CT molecular complexity index is 529. The van der Waals surface area contributed by atoms with E-state index in [0.717, 1.165) is 18.4 Å². The van der Waals surface area contributed by atoms with E-state index in [9.17, 15) is 9.59 Å². The third-order valence-electron chi connectivity index (χ3n) is 3.27. The maximum Gasteiger partial charge on any atom is 0.246 e. The van der Waals surface area contributed by atoms with E-state index in [2.05, 4.69) is 34.6 Å². The second-order valence-electron chi connectivity index (χ2n) is 5.23. The number of nitrogens with one attached hydrogen (secondary N) is 2. The van der Waals surface area contributed by atoms with Crippen molar-refractivity contribution in [2.75, 3.05) is 19.7 Å². The SMILES string of the molecule is CC(=O)NC(C(=O)NCC#CCN)C(C)OCC1=CCCC=C1. The molecule has 2 atom stereocenters. The van der Waals surface area contributed by atoms with Gasteiger partial charge in [0.2, 0.25) is 11.8 Å². The van der Waals surface area contributed by atoms with E-state index in [-0.39, 0.29) is 24.9 Å². The molecular formula is C17H25N3O3. The number of carbonyl (C=O) groups excluding carboxylic acids is 2. The van der Waals surface area contributed by atoms with Crippen molar-refractivity contribution in [2.24, 2.45) is 5.73 Å². The van der Waals surface area contributed by atoms with Gasteiger partial charge in [-0.1, -0.05) is 30.1 Å². The van der Waals surface area contributed by atoms with E-state index in [1.54, 1.807) is 6.92 Å². The molecule has 6 heteroatoms. The topological polar surface area (TPSA) is 93.5 Å². The van der Waals surface area contributed by atoms with Crippen LogP contribution in [0, 0.1) is 11.8 Å². The zero-order valence-corrected chi connectivity index (χ0v) is 13.7.